The number of nitrogens with zero attached hydrogens (tertiary/aromatic N) is 1. The van der Waals surface area contributed by atoms with E-state index in [0.717, 1.165) is 11.6 Å². The van der Waals surface area contributed by atoms with Crippen LogP contribution in [0.4, 0.5) is 0 Å². The molecule has 1 aliphatic heterocycles. The van der Waals surface area contributed by atoms with Gasteiger partial charge in [-0.2, -0.15) is 0 Å². The molecule has 0 aliphatic carbocycles. The number of hydrogen-bond donors (Lipinski definition) is 2. The minimum atomic E-state index is -1.00. The number of likely N-dealkylation sites (tertiary alicyclic amines) is 1. The Labute approximate surface area is 123 Å². The van der Waals surface area contributed by atoms with Gasteiger partial charge in [0.05, 0.1) is 6.10 Å². The number of aliphatic hydroxyl groups excluding tert-OH is 1. The first kappa shape index (κ1) is 15.3. The lowest BCUT2D eigenvalue weighted by Gasteiger charge is -2.34. The standard InChI is InChI=1S/C16H19NO4/c1-11-10-17(9-8-14(11)18)16(21)13-5-2-12(3-6-13)4-7-15(19)20/h2-7,11,14,18H,8-10H2,1H3,(H,19,20)/b7-4+. The highest BCUT2D eigenvalue weighted by Crippen LogP contribution is 2.19. The maximum atomic E-state index is 12.4. The van der Waals surface area contributed by atoms with E-state index in [1.165, 1.54) is 6.08 Å². The summed E-state index contributed by atoms with van der Waals surface area (Å²) in [5, 5.41) is 18.3. The lowest BCUT2D eigenvalue weighted by Crippen LogP contribution is -2.44. The van der Waals surface area contributed by atoms with Gasteiger partial charge in [-0.05, 0) is 36.1 Å². The summed E-state index contributed by atoms with van der Waals surface area (Å²) in [6.45, 7) is 3.05. The Hall–Kier alpha value is -2.14. The highest BCUT2D eigenvalue weighted by atomic mass is 16.4. The van der Waals surface area contributed by atoms with E-state index in [2.05, 4.69) is 0 Å². The van der Waals surface area contributed by atoms with Crippen molar-refractivity contribution in [3.8, 4) is 0 Å². The van der Waals surface area contributed by atoms with Gasteiger partial charge in [-0.1, -0.05) is 19.1 Å². The second-order valence-corrected chi connectivity index (χ2v) is 5.38. The highest BCUT2D eigenvalue weighted by molar-refractivity contribution is 5.94. The minimum absolute atomic E-state index is 0.0532. The molecule has 2 atom stereocenters. The summed E-state index contributed by atoms with van der Waals surface area (Å²) >= 11 is 0. The van der Waals surface area contributed by atoms with Gasteiger partial charge >= 0.3 is 5.97 Å². The van der Waals surface area contributed by atoms with Crippen LogP contribution in [0.15, 0.2) is 30.3 Å². The van der Waals surface area contributed by atoms with Crippen LogP contribution in [0.2, 0.25) is 0 Å². The van der Waals surface area contributed by atoms with Crippen molar-refractivity contribution in [2.45, 2.75) is 19.4 Å². The number of carboxylic acid groups (broad SMARTS) is 1. The third-order valence-corrected chi connectivity index (χ3v) is 3.72. The lowest BCUT2D eigenvalue weighted by molar-refractivity contribution is -0.131. The van der Waals surface area contributed by atoms with Crippen molar-refractivity contribution in [2.75, 3.05) is 13.1 Å². The fraction of sp³-hybridized carbons (Fsp3) is 0.375. The number of aliphatic hydroxyl groups is 1. The molecule has 1 fully saturated rings. The van der Waals surface area contributed by atoms with Crippen LogP contribution in [0.3, 0.4) is 0 Å². The van der Waals surface area contributed by atoms with Crippen molar-refractivity contribution in [2.24, 2.45) is 5.92 Å². The normalized spacial score (nSPS) is 22.5. The smallest absolute Gasteiger partial charge is 0.328 e. The van der Waals surface area contributed by atoms with Crippen LogP contribution in [0.1, 0.15) is 29.3 Å². The summed E-state index contributed by atoms with van der Waals surface area (Å²) < 4.78 is 0. The first-order valence-electron chi connectivity index (χ1n) is 6.96. The molecule has 0 spiro atoms. The molecule has 0 radical (unpaired) electrons. The average molecular weight is 289 g/mol. The molecular weight excluding hydrogens is 270 g/mol. The number of amides is 1. The number of carbonyl (C=O) groups excluding carboxylic acids is 1. The number of rotatable bonds is 3. The van der Waals surface area contributed by atoms with E-state index < -0.39 is 5.97 Å². The van der Waals surface area contributed by atoms with Crippen LogP contribution in [0.5, 0.6) is 0 Å². The fourth-order valence-electron chi connectivity index (χ4n) is 2.40. The SMILES string of the molecule is CC1CN(C(=O)c2ccc(/C=C/C(=O)O)cc2)CCC1O. The summed E-state index contributed by atoms with van der Waals surface area (Å²) in [5.41, 5.74) is 1.31. The molecule has 5 nitrogen and oxygen atoms in total. The molecule has 0 bridgehead atoms. The van der Waals surface area contributed by atoms with Gasteiger partial charge in [0.2, 0.25) is 0 Å². The van der Waals surface area contributed by atoms with Gasteiger partial charge in [-0.3, -0.25) is 4.79 Å². The van der Waals surface area contributed by atoms with E-state index >= 15 is 0 Å². The number of aliphatic carboxylic acids is 1. The van der Waals surface area contributed by atoms with Crippen LogP contribution in [-0.4, -0.2) is 46.2 Å². The van der Waals surface area contributed by atoms with E-state index in [1.54, 1.807) is 29.2 Å². The molecule has 2 unspecified atom stereocenters. The molecule has 0 saturated carbocycles. The van der Waals surface area contributed by atoms with Crippen molar-refractivity contribution >= 4 is 18.0 Å². The maximum absolute atomic E-state index is 12.4. The molecule has 5 heteroatoms. The number of benzene rings is 1. The average Bonchev–Trinajstić information content (AvgIpc) is 2.48. The lowest BCUT2D eigenvalue weighted by atomic mass is 9.96. The van der Waals surface area contributed by atoms with E-state index in [-0.39, 0.29) is 17.9 Å². The molecule has 1 amide bonds. The summed E-state index contributed by atoms with van der Waals surface area (Å²) in [6.07, 6.45) is 2.81. The molecule has 2 rings (SSSR count). The highest BCUT2D eigenvalue weighted by Gasteiger charge is 2.27. The molecule has 1 saturated heterocycles. The topological polar surface area (TPSA) is 77.8 Å². The molecule has 2 N–H and O–H groups in total. The summed E-state index contributed by atoms with van der Waals surface area (Å²) in [5.74, 6) is -0.973. The van der Waals surface area contributed by atoms with Gasteiger partial charge in [-0.15, -0.1) is 0 Å². The summed E-state index contributed by atoms with van der Waals surface area (Å²) in [7, 11) is 0. The Kier molecular flexibility index (Phi) is 4.75. The predicted octanol–water partition coefficient (Wildman–Crippen LogP) is 1.63. The van der Waals surface area contributed by atoms with Crippen molar-refractivity contribution in [3.05, 3.63) is 41.5 Å². The Balaban J connectivity index is 2.05. The second kappa shape index (κ2) is 6.54. The van der Waals surface area contributed by atoms with Gasteiger partial charge in [-0.25, -0.2) is 4.79 Å². The van der Waals surface area contributed by atoms with Crippen LogP contribution in [-0.2, 0) is 4.79 Å². The zero-order valence-electron chi connectivity index (χ0n) is 11.9. The summed E-state index contributed by atoms with van der Waals surface area (Å²) in [6, 6.07) is 6.82. The first-order chi connectivity index (χ1) is 9.97. The van der Waals surface area contributed by atoms with E-state index in [1.807, 2.05) is 6.92 Å². The largest absolute Gasteiger partial charge is 0.478 e. The Morgan fingerprint density at radius 2 is 1.95 bits per heavy atom. The van der Waals surface area contributed by atoms with Gasteiger partial charge < -0.3 is 15.1 Å². The van der Waals surface area contributed by atoms with Crippen molar-refractivity contribution < 1.29 is 19.8 Å². The second-order valence-electron chi connectivity index (χ2n) is 5.38. The predicted molar refractivity (Wildman–Crippen MR) is 78.8 cm³/mol. The van der Waals surface area contributed by atoms with Crippen LogP contribution in [0.25, 0.3) is 6.08 Å². The van der Waals surface area contributed by atoms with Crippen LogP contribution in [0, 0.1) is 5.92 Å². The van der Waals surface area contributed by atoms with E-state index in [0.29, 0.717) is 25.1 Å². The molecule has 112 valence electrons. The zero-order valence-corrected chi connectivity index (χ0v) is 11.9. The third-order valence-electron chi connectivity index (χ3n) is 3.72. The van der Waals surface area contributed by atoms with Gasteiger partial charge in [0, 0.05) is 24.7 Å². The molecule has 1 aromatic rings. The van der Waals surface area contributed by atoms with Crippen molar-refractivity contribution in [3.63, 3.8) is 0 Å². The molecule has 1 aliphatic rings. The molecule has 21 heavy (non-hydrogen) atoms. The molecule has 0 aromatic heterocycles. The quantitative estimate of drug-likeness (QED) is 0.829. The van der Waals surface area contributed by atoms with Gasteiger partial charge in [0.1, 0.15) is 0 Å². The third kappa shape index (κ3) is 3.92. The first-order valence-corrected chi connectivity index (χ1v) is 6.96. The number of carbonyl (C=O) groups is 2. The number of carboxylic acids is 1. The number of hydrogen-bond acceptors (Lipinski definition) is 3. The summed E-state index contributed by atoms with van der Waals surface area (Å²) in [4.78, 5) is 24.6. The van der Waals surface area contributed by atoms with Crippen molar-refractivity contribution in [1.82, 2.24) is 4.90 Å². The van der Waals surface area contributed by atoms with E-state index in [4.69, 9.17) is 5.11 Å². The van der Waals surface area contributed by atoms with Crippen LogP contribution >= 0.6 is 0 Å². The molecular formula is C16H19NO4. The van der Waals surface area contributed by atoms with Crippen LogP contribution < -0.4 is 0 Å². The fourth-order valence-corrected chi connectivity index (χ4v) is 2.40. The minimum Gasteiger partial charge on any atom is -0.478 e. The van der Waals surface area contributed by atoms with Crippen molar-refractivity contribution in [1.29, 1.82) is 0 Å². The molecule has 1 aromatic carbocycles. The van der Waals surface area contributed by atoms with Gasteiger partial charge in [0.15, 0.2) is 0 Å². The maximum Gasteiger partial charge on any atom is 0.328 e. The molecule has 1 heterocycles. The monoisotopic (exact) mass is 289 g/mol. The number of piperidine rings is 1. The Morgan fingerprint density at radius 1 is 1.29 bits per heavy atom. The Bertz CT molecular complexity index is 550. The zero-order chi connectivity index (χ0) is 15.4. The van der Waals surface area contributed by atoms with Gasteiger partial charge in [0.25, 0.3) is 5.91 Å². The van der Waals surface area contributed by atoms with E-state index in [9.17, 15) is 14.7 Å². The Morgan fingerprint density at radius 3 is 2.52 bits per heavy atom.